The van der Waals surface area contributed by atoms with Crippen molar-refractivity contribution in [2.45, 2.75) is 39.5 Å². The topological polar surface area (TPSA) is 55.1 Å². The third-order valence-corrected chi connectivity index (χ3v) is 2.49. The molecule has 1 amide bonds. The van der Waals surface area contributed by atoms with E-state index in [2.05, 4.69) is 31.2 Å². The maximum Gasteiger partial charge on any atom is 0.273 e. The molecule has 1 unspecified atom stereocenters. The van der Waals surface area contributed by atoms with Crippen molar-refractivity contribution in [2.24, 2.45) is 5.41 Å². The van der Waals surface area contributed by atoms with Gasteiger partial charge in [0, 0.05) is 12.6 Å². The minimum absolute atomic E-state index is 0.0769. The summed E-state index contributed by atoms with van der Waals surface area (Å²) in [5.74, 6) is 0.369. The molecule has 0 aliphatic rings. The van der Waals surface area contributed by atoms with E-state index in [0.717, 1.165) is 6.42 Å². The van der Waals surface area contributed by atoms with Crippen molar-refractivity contribution < 1.29 is 9.32 Å². The van der Waals surface area contributed by atoms with Crippen molar-refractivity contribution in [3.63, 3.8) is 0 Å². The number of aryl methyl sites for hydroxylation is 1. The molecular weight excluding hydrogens is 240 g/mol. The summed E-state index contributed by atoms with van der Waals surface area (Å²) in [6, 6.07) is 1.60. The lowest BCUT2D eigenvalue weighted by molar-refractivity contribution is 0.0943. The molecule has 0 aliphatic carbocycles. The van der Waals surface area contributed by atoms with Crippen LogP contribution in [-0.4, -0.2) is 23.0 Å². The number of carbonyl (C=O) groups is 1. The van der Waals surface area contributed by atoms with E-state index in [4.69, 9.17) is 16.1 Å². The van der Waals surface area contributed by atoms with Crippen molar-refractivity contribution in [1.82, 2.24) is 10.5 Å². The van der Waals surface area contributed by atoms with Gasteiger partial charge in [-0.3, -0.25) is 4.79 Å². The normalized spacial score (nSPS) is 13.5. The zero-order valence-electron chi connectivity index (χ0n) is 10.7. The fourth-order valence-electron chi connectivity index (χ4n) is 1.50. The van der Waals surface area contributed by atoms with E-state index in [1.54, 1.807) is 13.0 Å². The number of rotatable bonds is 4. The Labute approximate surface area is 107 Å². The molecule has 0 aromatic carbocycles. The van der Waals surface area contributed by atoms with Crippen LogP contribution in [0.1, 0.15) is 43.4 Å². The Morgan fingerprint density at radius 2 is 2.24 bits per heavy atom. The second-order valence-electron chi connectivity index (χ2n) is 5.39. The molecule has 1 aromatic rings. The van der Waals surface area contributed by atoms with Gasteiger partial charge in [-0.2, -0.15) is 0 Å². The SMILES string of the molecule is Cc1cc(C(=O)NCC(Cl)CC(C)(C)C)no1. The van der Waals surface area contributed by atoms with E-state index in [-0.39, 0.29) is 16.7 Å². The van der Waals surface area contributed by atoms with Gasteiger partial charge < -0.3 is 9.84 Å². The average Bonchev–Trinajstić information content (AvgIpc) is 2.58. The first-order valence-corrected chi connectivity index (χ1v) is 6.07. The Hall–Kier alpha value is -1.03. The summed E-state index contributed by atoms with van der Waals surface area (Å²) in [7, 11) is 0. The van der Waals surface area contributed by atoms with Crippen molar-refractivity contribution in [3.05, 3.63) is 17.5 Å². The Morgan fingerprint density at radius 1 is 1.59 bits per heavy atom. The van der Waals surface area contributed by atoms with Gasteiger partial charge in [-0.05, 0) is 18.8 Å². The van der Waals surface area contributed by atoms with E-state index in [9.17, 15) is 4.79 Å². The van der Waals surface area contributed by atoms with Crippen LogP contribution >= 0.6 is 11.6 Å². The lowest BCUT2D eigenvalue weighted by atomic mass is 9.90. The lowest BCUT2D eigenvalue weighted by Gasteiger charge is -2.21. The molecule has 0 fully saturated rings. The molecule has 0 radical (unpaired) electrons. The molecule has 0 bridgehead atoms. The molecule has 1 aromatic heterocycles. The van der Waals surface area contributed by atoms with Crippen molar-refractivity contribution in [2.75, 3.05) is 6.54 Å². The van der Waals surface area contributed by atoms with Crippen LogP contribution in [0.25, 0.3) is 0 Å². The van der Waals surface area contributed by atoms with Crippen LogP contribution in [-0.2, 0) is 0 Å². The monoisotopic (exact) mass is 258 g/mol. The van der Waals surface area contributed by atoms with Crippen LogP contribution in [0.2, 0.25) is 0 Å². The Balaban J connectivity index is 2.38. The molecule has 5 heteroatoms. The van der Waals surface area contributed by atoms with Crippen LogP contribution < -0.4 is 5.32 Å². The number of nitrogens with zero attached hydrogens (tertiary/aromatic N) is 1. The van der Waals surface area contributed by atoms with Crippen LogP contribution in [0, 0.1) is 12.3 Å². The molecule has 96 valence electrons. The van der Waals surface area contributed by atoms with Gasteiger partial charge in [-0.15, -0.1) is 11.6 Å². The largest absolute Gasteiger partial charge is 0.361 e. The zero-order valence-corrected chi connectivity index (χ0v) is 11.5. The summed E-state index contributed by atoms with van der Waals surface area (Å²) in [6.07, 6.45) is 0.840. The molecule has 1 atom stereocenters. The smallest absolute Gasteiger partial charge is 0.273 e. The maximum absolute atomic E-state index is 11.6. The Kier molecular flexibility index (Phi) is 4.57. The van der Waals surface area contributed by atoms with E-state index in [1.807, 2.05) is 0 Å². The first kappa shape index (κ1) is 14.0. The number of alkyl halides is 1. The number of aromatic nitrogens is 1. The summed E-state index contributed by atoms with van der Waals surface area (Å²) >= 11 is 6.14. The number of carbonyl (C=O) groups excluding carboxylic acids is 1. The predicted octanol–water partition coefficient (Wildman–Crippen LogP) is 2.76. The highest BCUT2D eigenvalue weighted by molar-refractivity contribution is 6.21. The third kappa shape index (κ3) is 5.22. The number of amides is 1. The van der Waals surface area contributed by atoms with Gasteiger partial charge in [0.05, 0.1) is 5.38 Å². The van der Waals surface area contributed by atoms with Gasteiger partial charge in [0.25, 0.3) is 5.91 Å². The minimum Gasteiger partial charge on any atom is -0.361 e. The summed E-state index contributed by atoms with van der Waals surface area (Å²) in [5.41, 5.74) is 0.448. The van der Waals surface area contributed by atoms with Gasteiger partial charge in [-0.1, -0.05) is 25.9 Å². The van der Waals surface area contributed by atoms with E-state index >= 15 is 0 Å². The fourth-order valence-corrected chi connectivity index (χ4v) is 2.04. The second kappa shape index (κ2) is 5.54. The molecule has 1 heterocycles. The van der Waals surface area contributed by atoms with Gasteiger partial charge in [-0.25, -0.2) is 0 Å². The molecule has 0 saturated carbocycles. The van der Waals surface area contributed by atoms with Crippen molar-refractivity contribution in [3.8, 4) is 0 Å². The average molecular weight is 259 g/mol. The molecule has 4 nitrogen and oxygen atoms in total. The van der Waals surface area contributed by atoms with E-state index in [1.165, 1.54) is 0 Å². The third-order valence-electron chi connectivity index (χ3n) is 2.18. The number of hydrogen-bond donors (Lipinski definition) is 1. The quantitative estimate of drug-likeness (QED) is 0.845. The number of halogens is 1. The van der Waals surface area contributed by atoms with Crippen molar-refractivity contribution >= 4 is 17.5 Å². The van der Waals surface area contributed by atoms with Crippen LogP contribution in [0.5, 0.6) is 0 Å². The van der Waals surface area contributed by atoms with Crippen LogP contribution in [0.4, 0.5) is 0 Å². The molecule has 1 N–H and O–H groups in total. The van der Waals surface area contributed by atoms with E-state index in [0.29, 0.717) is 18.0 Å². The molecule has 17 heavy (non-hydrogen) atoms. The van der Waals surface area contributed by atoms with Gasteiger partial charge in [0.2, 0.25) is 0 Å². The summed E-state index contributed by atoms with van der Waals surface area (Å²) in [6.45, 7) is 8.53. The van der Waals surface area contributed by atoms with Crippen molar-refractivity contribution in [1.29, 1.82) is 0 Å². The second-order valence-corrected chi connectivity index (χ2v) is 6.01. The van der Waals surface area contributed by atoms with Gasteiger partial charge in [0.1, 0.15) is 5.76 Å². The Morgan fingerprint density at radius 3 is 2.71 bits per heavy atom. The highest BCUT2D eigenvalue weighted by atomic mass is 35.5. The molecule has 0 saturated heterocycles. The summed E-state index contributed by atoms with van der Waals surface area (Å²) in [5, 5.41) is 6.30. The maximum atomic E-state index is 11.6. The zero-order chi connectivity index (χ0) is 13.1. The van der Waals surface area contributed by atoms with Crippen LogP contribution in [0.3, 0.4) is 0 Å². The summed E-state index contributed by atoms with van der Waals surface area (Å²) in [4.78, 5) is 11.6. The standard InChI is InChI=1S/C12H19ClN2O2/c1-8-5-10(15-17-8)11(16)14-7-9(13)6-12(2,3)4/h5,9H,6-7H2,1-4H3,(H,14,16). The molecule has 0 spiro atoms. The minimum atomic E-state index is -0.249. The fraction of sp³-hybridized carbons (Fsp3) is 0.667. The van der Waals surface area contributed by atoms with E-state index < -0.39 is 0 Å². The number of nitrogens with one attached hydrogen (secondary N) is 1. The van der Waals surface area contributed by atoms with Crippen LogP contribution in [0.15, 0.2) is 10.6 Å². The lowest BCUT2D eigenvalue weighted by Crippen LogP contribution is -2.31. The summed E-state index contributed by atoms with van der Waals surface area (Å²) < 4.78 is 4.83. The molecule has 1 rings (SSSR count). The predicted molar refractivity (Wildman–Crippen MR) is 67.3 cm³/mol. The highest BCUT2D eigenvalue weighted by Gasteiger charge is 2.18. The molecule has 0 aliphatic heterocycles. The Bertz CT molecular complexity index is 382. The first-order valence-electron chi connectivity index (χ1n) is 5.63. The highest BCUT2D eigenvalue weighted by Crippen LogP contribution is 2.23. The first-order chi connectivity index (χ1) is 7.78. The molecular formula is C12H19ClN2O2. The van der Waals surface area contributed by atoms with Gasteiger partial charge >= 0.3 is 0 Å². The van der Waals surface area contributed by atoms with Gasteiger partial charge in [0.15, 0.2) is 5.69 Å². The number of hydrogen-bond acceptors (Lipinski definition) is 3.